The minimum absolute atomic E-state index is 0.0927. The molecule has 0 aliphatic heterocycles. The molecule has 1 aliphatic carbocycles. The normalized spacial score (nSPS) is 16.0. The highest BCUT2D eigenvalue weighted by Crippen LogP contribution is 2.30. The summed E-state index contributed by atoms with van der Waals surface area (Å²) >= 11 is 0. The molecule has 2 aromatic rings. The molecule has 0 fully saturated rings. The van der Waals surface area contributed by atoms with E-state index < -0.39 is 5.82 Å². The van der Waals surface area contributed by atoms with E-state index in [4.69, 9.17) is 5.26 Å². The van der Waals surface area contributed by atoms with E-state index in [-0.39, 0.29) is 11.4 Å². The van der Waals surface area contributed by atoms with Gasteiger partial charge in [0.05, 0.1) is 5.56 Å². The van der Waals surface area contributed by atoms with Crippen molar-refractivity contribution in [1.29, 1.82) is 5.26 Å². The first-order valence-electron chi connectivity index (χ1n) is 10.1. The highest BCUT2D eigenvalue weighted by atomic mass is 19.1. The Hall–Kier alpha value is -2.21. The van der Waals surface area contributed by atoms with Crippen LogP contribution in [0.5, 0.6) is 0 Å². The Balaban J connectivity index is 1.58. The molecule has 3 rings (SSSR count). The lowest BCUT2D eigenvalue weighted by Gasteiger charge is -2.25. The Labute approximate surface area is 161 Å². The standard InChI is InChI=1S/C24H27F2N/c1-2-3-4-5-17-6-9-19(23(25)13-17)10-7-18-8-11-20-14-22(16-27)24(26)15-21(20)12-18/h6,9,13-15,18H,2-5,7-8,10-12H2,1H3. The Bertz CT molecular complexity index is 835. The molecule has 0 bridgehead atoms. The monoisotopic (exact) mass is 367 g/mol. The lowest BCUT2D eigenvalue weighted by atomic mass is 9.80. The van der Waals surface area contributed by atoms with Crippen molar-refractivity contribution in [3.8, 4) is 6.07 Å². The minimum Gasteiger partial charge on any atom is -0.207 e. The highest BCUT2D eigenvalue weighted by molar-refractivity contribution is 5.41. The van der Waals surface area contributed by atoms with Crippen molar-refractivity contribution in [3.63, 3.8) is 0 Å². The topological polar surface area (TPSA) is 23.8 Å². The fourth-order valence-corrected chi connectivity index (χ4v) is 4.07. The minimum atomic E-state index is -0.429. The van der Waals surface area contributed by atoms with Crippen molar-refractivity contribution in [2.24, 2.45) is 5.92 Å². The molecule has 0 amide bonds. The molecule has 0 N–H and O–H groups in total. The summed E-state index contributed by atoms with van der Waals surface area (Å²) in [5.74, 6) is -0.0833. The maximum absolute atomic E-state index is 14.4. The van der Waals surface area contributed by atoms with E-state index in [2.05, 4.69) is 13.0 Å². The van der Waals surface area contributed by atoms with Gasteiger partial charge in [-0.05, 0) is 91.3 Å². The van der Waals surface area contributed by atoms with Crippen LogP contribution in [-0.4, -0.2) is 0 Å². The number of benzene rings is 2. The molecular formula is C24H27F2N. The van der Waals surface area contributed by atoms with Crippen LogP contribution in [0.2, 0.25) is 0 Å². The summed E-state index contributed by atoms with van der Waals surface area (Å²) in [5, 5.41) is 8.96. The summed E-state index contributed by atoms with van der Waals surface area (Å²) < 4.78 is 28.3. The van der Waals surface area contributed by atoms with Crippen molar-refractivity contribution < 1.29 is 8.78 Å². The summed E-state index contributed by atoms with van der Waals surface area (Å²) in [6.07, 6.45) is 8.74. The summed E-state index contributed by atoms with van der Waals surface area (Å²) in [7, 11) is 0. The molecule has 1 aliphatic rings. The van der Waals surface area contributed by atoms with Gasteiger partial charge < -0.3 is 0 Å². The third-order valence-corrected chi connectivity index (χ3v) is 5.75. The van der Waals surface area contributed by atoms with Gasteiger partial charge in [-0.1, -0.05) is 31.9 Å². The van der Waals surface area contributed by atoms with Gasteiger partial charge >= 0.3 is 0 Å². The number of hydrogen-bond acceptors (Lipinski definition) is 1. The average molecular weight is 367 g/mol. The van der Waals surface area contributed by atoms with Crippen LogP contribution in [0.25, 0.3) is 0 Å². The number of fused-ring (bicyclic) bond motifs is 1. The maximum Gasteiger partial charge on any atom is 0.141 e. The van der Waals surface area contributed by atoms with Crippen molar-refractivity contribution in [3.05, 3.63) is 69.8 Å². The molecule has 142 valence electrons. The molecule has 0 heterocycles. The lowest BCUT2D eigenvalue weighted by molar-refractivity contribution is 0.422. The zero-order valence-electron chi connectivity index (χ0n) is 16.0. The fraction of sp³-hybridized carbons (Fsp3) is 0.458. The number of hydrogen-bond donors (Lipinski definition) is 0. The number of nitrogens with zero attached hydrogens (tertiary/aromatic N) is 1. The van der Waals surface area contributed by atoms with Gasteiger partial charge in [-0.2, -0.15) is 5.26 Å². The maximum atomic E-state index is 14.4. The Kier molecular flexibility index (Phi) is 6.61. The van der Waals surface area contributed by atoms with Crippen LogP contribution in [0.15, 0.2) is 30.3 Å². The van der Waals surface area contributed by atoms with E-state index >= 15 is 0 Å². The predicted octanol–water partition coefficient (Wildman–Crippen LogP) is 6.31. The molecule has 2 aromatic carbocycles. The van der Waals surface area contributed by atoms with E-state index in [9.17, 15) is 8.78 Å². The van der Waals surface area contributed by atoms with Gasteiger partial charge in [0.15, 0.2) is 0 Å². The van der Waals surface area contributed by atoms with Crippen molar-refractivity contribution in [1.82, 2.24) is 0 Å². The van der Waals surface area contributed by atoms with Crippen LogP contribution in [0.1, 0.15) is 66.8 Å². The number of nitriles is 1. The van der Waals surface area contributed by atoms with Crippen LogP contribution < -0.4 is 0 Å². The van der Waals surface area contributed by atoms with Crippen LogP contribution in [-0.2, 0) is 25.7 Å². The van der Waals surface area contributed by atoms with Crippen LogP contribution in [0, 0.1) is 28.9 Å². The summed E-state index contributed by atoms with van der Waals surface area (Å²) in [6.45, 7) is 2.17. The zero-order valence-corrected chi connectivity index (χ0v) is 16.0. The molecule has 3 heteroatoms. The number of aryl methyl sites for hydroxylation is 3. The predicted molar refractivity (Wildman–Crippen MR) is 105 cm³/mol. The van der Waals surface area contributed by atoms with E-state index in [0.29, 0.717) is 5.92 Å². The van der Waals surface area contributed by atoms with E-state index in [1.165, 1.54) is 18.9 Å². The molecule has 1 atom stereocenters. The average Bonchev–Trinajstić information content (AvgIpc) is 2.67. The van der Waals surface area contributed by atoms with Crippen LogP contribution in [0.4, 0.5) is 8.78 Å². The molecule has 27 heavy (non-hydrogen) atoms. The molecule has 0 aromatic heterocycles. The molecule has 0 radical (unpaired) electrons. The summed E-state index contributed by atoms with van der Waals surface area (Å²) in [6, 6.07) is 10.8. The quantitative estimate of drug-likeness (QED) is 0.526. The Morgan fingerprint density at radius 2 is 1.89 bits per heavy atom. The van der Waals surface area contributed by atoms with Gasteiger partial charge in [0.2, 0.25) is 0 Å². The van der Waals surface area contributed by atoms with Gasteiger partial charge in [-0.3, -0.25) is 0 Å². The number of unbranched alkanes of at least 4 members (excludes halogenated alkanes) is 2. The lowest BCUT2D eigenvalue weighted by Crippen LogP contribution is -2.16. The van der Waals surface area contributed by atoms with E-state index in [1.807, 2.05) is 12.1 Å². The highest BCUT2D eigenvalue weighted by Gasteiger charge is 2.21. The second-order valence-electron chi connectivity index (χ2n) is 7.74. The van der Waals surface area contributed by atoms with Crippen molar-refractivity contribution >= 4 is 0 Å². The summed E-state index contributed by atoms with van der Waals surface area (Å²) in [4.78, 5) is 0. The van der Waals surface area contributed by atoms with Crippen LogP contribution >= 0.6 is 0 Å². The van der Waals surface area contributed by atoms with Gasteiger partial charge in [0.25, 0.3) is 0 Å². The third-order valence-electron chi connectivity index (χ3n) is 5.75. The second kappa shape index (κ2) is 9.13. The van der Waals surface area contributed by atoms with E-state index in [1.54, 1.807) is 12.1 Å². The molecule has 0 saturated carbocycles. The number of halogens is 2. The third kappa shape index (κ3) is 4.95. The molecule has 1 unspecified atom stereocenters. The molecule has 0 spiro atoms. The summed E-state index contributed by atoms with van der Waals surface area (Å²) in [5.41, 5.74) is 4.10. The van der Waals surface area contributed by atoms with Gasteiger partial charge in [0, 0.05) is 0 Å². The zero-order chi connectivity index (χ0) is 19.2. The smallest absolute Gasteiger partial charge is 0.141 e. The molecule has 0 saturated heterocycles. The Morgan fingerprint density at radius 1 is 1.04 bits per heavy atom. The first kappa shape index (κ1) is 19.5. The van der Waals surface area contributed by atoms with Crippen molar-refractivity contribution in [2.45, 2.75) is 64.7 Å². The first-order valence-corrected chi connectivity index (χ1v) is 10.1. The van der Waals surface area contributed by atoms with Gasteiger partial charge in [-0.15, -0.1) is 0 Å². The van der Waals surface area contributed by atoms with E-state index in [0.717, 1.165) is 67.2 Å². The first-order chi connectivity index (χ1) is 13.1. The largest absolute Gasteiger partial charge is 0.207 e. The molecular weight excluding hydrogens is 340 g/mol. The van der Waals surface area contributed by atoms with Gasteiger partial charge in [-0.25, -0.2) is 8.78 Å². The van der Waals surface area contributed by atoms with Crippen LogP contribution in [0.3, 0.4) is 0 Å². The fourth-order valence-electron chi connectivity index (χ4n) is 4.07. The van der Waals surface area contributed by atoms with Gasteiger partial charge in [0.1, 0.15) is 17.7 Å². The Morgan fingerprint density at radius 3 is 2.63 bits per heavy atom. The second-order valence-corrected chi connectivity index (χ2v) is 7.74. The molecule has 1 nitrogen and oxygen atoms in total. The van der Waals surface area contributed by atoms with Crippen molar-refractivity contribution in [2.75, 3.05) is 0 Å². The SMILES string of the molecule is CCCCCc1ccc(CCC2CCc3cc(C#N)c(F)cc3C2)c(F)c1. The number of rotatable bonds is 7.